The van der Waals surface area contributed by atoms with Crippen LogP contribution in [0.3, 0.4) is 0 Å². The summed E-state index contributed by atoms with van der Waals surface area (Å²) in [5.74, 6) is -1.85. The van der Waals surface area contributed by atoms with Gasteiger partial charge in [-0.3, -0.25) is 19.3 Å². The summed E-state index contributed by atoms with van der Waals surface area (Å²) in [5.41, 5.74) is -0.447. The SMILES string of the molecule is CC1C(N2C(=O)C=CC2=O)CCC(C(=O)O)C1(C)C. The first-order valence-corrected chi connectivity index (χ1v) is 6.55. The summed E-state index contributed by atoms with van der Waals surface area (Å²) < 4.78 is 0. The maximum atomic E-state index is 11.8. The van der Waals surface area contributed by atoms with E-state index in [1.807, 2.05) is 20.8 Å². The van der Waals surface area contributed by atoms with Gasteiger partial charge in [-0.05, 0) is 24.2 Å². The summed E-state index contributed by atoms with van der Waals surface area (Å²) in [6, 6.07) is -0.208. The number of imide groups is 1. The van der Waals surface area contributed by atoms with Gasteiger partial charge < -0.3 is 5.11 Å². The smallest absolute Gasteiger partial charge is 0.307 e. The quantitative estimate of drug-likeness (QED) is 0.766. The molecule has 5 heteroatoms. The van der Waals surface area contributed by atoms with Gasteiger partial charge in [-0.2, -0.15) is 0 Å². The Morgan fingerprint density at radius 1 is 1.26 bits per heavy atom. The van der Waals surface area contributed by atoms with Gasteiger partial charge in [0.25, 0.3) is 11.8 Å². The Kier molecular flexibility index (Phi) is 3.24. The molecule has 1 aliphatic carbocycles. The van der Waals surface area contributed by atoms with Crippen molar-refractivity contribution in [2.75, 3.05) is 0 Å². The third-order valence-corrected chi connectivity index (χ3v) is 4.87. The fraction of sp³-hybridized carbons (Fsp3) is 0.643. The van der Waals surface area contributed by atoms with Crippen molar-refractivity contribution in [1.29, 1.82) is 0 Å². The Hall–Kier alpha value is -1.65. The van der Waals surface area contributed by atoms with Crippen LogP contribution in [0, 0.1) is 17.3 Å². The van der Waals surface area contributed by atoms with Gasteiger partial charge in [0.05, 0.1) is 5.92 Å². The second-order valence-corrected chi connectivity index (χ2v) is 6.03. The van der Waals surface area contributed by atoms with E-state index in [1.165, 1.54) is 17.1 Å². The molecule has 0 radical (unpaired) electrons. The minimum Gasteiger partial charge on any atom is -0.481 e. The van der Waals surface area contributed by atoms with Crippen LogP contribution in [-0.4, -0.2) is 33.8 Å². The second kappa shape index (κ2) is 4.47. The summed E-state index contributed by atoms with van der Waals surface area (Å²) in [5, 5.41) is 9.29. The van der Waals surface area contributed by atoms with Crippen molar-refractivity contribution in [3.05, 3.63) is 12.2 Å². The fourth-order valence-electron chi connectivity index (χ4n) is 3.31. The van der Waals surface area contributed by atoms with Gasteiger partial charge in [0.15, 0.2) is 0 Å². The average molecular weight is 265 g/mol. The van der Waals surface area contributed by atoms with E-state index in [2.05, 4.69) is 0 Å². The Balaban J connectivity index is 2.25. The molecule has 1 saturated carbocycles. The standard InChI is InChI=1S/C14H19NO4/c1-8-10(15-11(16)6-7-12(15)17)5-4-9(13(18)19)14(8,2)3/h6-10H,4-5H2,1-3H3,(H,18,19). The maximum Gasteiger partial charge on any atom is 0.307 e. The summed E-state index contributed by atoms with van der Waals surface area (Å²) in [6.07, 6.45) is 3.62. The van der Waals surface area contributed by atoms with E-state index in [4.69, 9.17) is 0 Å². The molecule has 0 saturated heterocycles. The summed E-state index contributed by atoms with van der Waals surface area (Å²) in [7, 11) is 0. The highest BCUT2D eigenvalue weighted by molar-refractivity contribution is 6.13. The molecule has 1 N–H and O–H groups in total. The van der Waals surface area contributed by atoms with Gasteiger partial charge in [0.2, 0.25) is 0 Å². The van der Waals surface area contributed by atoms with E-state index in [0.29, 0.717) is 12.8 Å². The molecule has 0 aromatic rings. The number of aliphatic carboxylic acids is 1. The molecule has 0 spiro atoms. The van der Waals surface area contributed by atoms with Crippen LogP contribution in [0.25, 0.3) is 0 Å². The zero-order valence-electron chi connectivity index (χ0n) is 11.4. The minimum atomic E-state index is -0.799. The lowest BCUT2D eigenvalue weighted by molar-refractivity contribution is -0.154. The minimum absolute atomic E-state index is 0.0462. The Labute approximate surface area is 112 Å². The summed E-state index contributed by atoms with van der Waals surface area (Å²) in [6.45, 7) is 5.74. The zero-order chi connectivity index (χ0) is 14.4. The molecule has 0 bridgehead atoms. The molecule has 0 aromatic heterocycles. The van der Waals surface area contributed by atoms with Crippen molar-refractivity contribution in [3.8, 4) is 0 Å². The normalized spacial score (nSPS) is 33.8. The molecule has 2 amide bonds. The molecule has 1 aliphatic heterocycles. The molecule has 5 nitrogen and oxygen atoms in total. The lowest BCUT2D eigenvalue weighted by atomic mass is 9.60. The molecule has 104 valence electrons. The first-order valence-electron chi connectivity index (χ1n) is 6.55. The number of rotatable bonds is 2. The van der Waals surface area contributed by atoms with Crippen molar-refractivity contribution in [2.45, 2.75) is 39.7 Å². The van der Waals surface area contributed by atoms with E-state index in [9.17, 15) is 19.5 Å². The lowest BCUT2D eigenvalue weighted by Gasteiger charge is -2.48. The van der Waals surface area contributed by atoms with Crippen LogP contribution in [0.1, 0.15) is 33.6 Å². The molecule has 1 heterocycles. The first-order chi connectivity index (χ1) is 8.76. The Bertz CT molecular complexity index is 448. The average Bonchev–Trinajstić information content (AvgIpc) is 2.62. The van der Waals surface area contributed by atoms with Crippen molar-refractivity contribution in [3.63, 3.8) is 0 Å². The molecule has 2 rings (SSSR count). The molecular weight excluding hydrogens is 246 g/mol. The van der Waals surface area contributed by atoms with Crippen LogP contribution >= 0.6 is 0 Å². The monoisotopic (exact) mass is 265 g/mol. The third-order valence-electron chi connectivity index (χ3n) is 4.87. The van der Waals surface area contributed by atoms with Crippen molar-refractivity contribution in [1.82, 2.24) is 4.90 Å². The topological polar surface area (TPSA) is 74.7 Å². The van der Waals surface area contributed by atoms with Crippen LogP contribution < -0.4 is 0 Å². The highest BCUT2D eigenvalue weighted by atomic mass is 16.4. The molecule has 1 fully saturated rings. The number of carboxylic acid groups (broad SMARTS) is 1. The Morgan fingerprint density at radius 3 is 2.26 bits per heavy atom. The molecule has 3 unspecified atom stereocenters. The highest BCUT2D eigenvalue weighted by Gasteiger charge is 2.49. The van der Waals surface area contributed by atoms with Gasteiger partial charge in [0, 0.05) is 18.2 Å². The number of amides is 2. The van der Waals surface area contributed by atoms with E-state index in [1.54, 1.807) is 0 Å². The zero-order valence-corrected chi connectivity index (χ0v) is 11.4. The number of hydrogen-bond donors (Lipinski definition) is 1. The van der Waals surface area contributed by atoms with Crippen LogP contribution in [0.4, 0.5) is 0 Å². The lowest BCUT2D eigenvalue weighted by Crippen LogP contribution is -2.54. The molecule has 2 aliphatic rings. The van der Waals surface area contributed by atoms with Gasteiger partial charge in [0.1, 0.15) is 0 Å². The third kappa shape index (κ3) is 2.07. The van der Waals surface area contributed by atoms with E-state index >= 15 is 0 Å². The van der Waals surface area contributed by atoms with Crippen LogP contribution in [0.5, 0.6) is 0 Å². The van der Waals surface area contributed by atoms with E-state index in [0.717, 1.165) is 0 Å². The van der Waals surface area contributed by atoms with Crippen molar-refractivity contribution < 1.29 is 19.5 Å². The molecule has 0 aromatic carbocycles. The number of carbonyl (C=O) groups is 3. The molecule has 3 atom stereocenters. The highest BCUT2D eigenvalue weighted by Crippen LogP contribution is 2.47. The number of carbonyl (C=O) groups excluding carboxylic acids is 2. The predicted octanol–water partition coefficient (Wildman–Crippen LogP) is 1.44. The number of carboxylic acids is 1. The van der Waals surface area contributed by atoms with E-state index < -0.39 is 17.3 Å². The number of hydrogen-bond acceptors (Lipinski definition) is 3. The van der Waals surface area contributed by atoms with Crippen molar-refractivity contribution >= 4 is 17.8 Å². The van der Waals surface area contributed by atoms with Gasteiger partial charge in [-0.15, -0.1) is 0 Å². The molecular formula is C14H19NO4. The molecule has 19 heavy (non-hydrogen) atoms. The fourth-order valence-corrected chi connectivity index (χ4v) is 3.31. The van der Waals surface area contributed by atoms with Crippen LogP contribution in [-0.2, 0) is 14.4 Å². The Morgan fingerprint density at radius 2 is 1.79 bits per heavy atom. The second-order valence-electron chi connectivity index (χ2n) is 6.03. The van der Waals surface area contributed by atoms with Crippen LogP contribution in [0.2, 0.25) is 0 Å². The van der Waals surface area contributed by atoms with E-state index in [-0.39, 0.29) is 23.8 Å². The summed E-state index contributed by atoms with van der Waals surface area (Å²) >= 11 is 0. The number of nitrogens with zero attached hydrogens (tertiary/aromatic N) is 1. The summed E-state index contributed by atoms with van der Waals surface area (Å²) in [4.78, 5) is 36.1. The largest absolute Gasteiger partial charge is 0.481 e. The van der Waals surface area contributed by atoms with Gasteiger partial charge in [-0.25, -0.2) is 0 Å². The predicted molar refractivity (Wildman–Crippen MR) is 68.1 cm³/mol. The van der Waals surface area contributed by atoms with Crippen LogP contribution in [0.15, 0.2) is 12.2 Å². The van der Waals surface area contributed by atoms with Gasteiger partial charge in [-0.1, -0.05) is 20.8 Å². The maximum absolute atomic E-state index is 11.8. The van der Waals surface area contributed by atoms with Crippen molar-refractivity contribution in [2.24, 2.45) is 17.3 Å². The first kappa shape index (κ1) is 13.8. The van der Waals surface area contributed by atoms with Gasteiger partial charge >= 0.3 is 5.97 Å².